The molecule has 37 heavy (non-hydrogen) atoms. The molecule has 1 aromatic carbocycles. The molecule has 0 bridgehead atoms. The van der Waals surface area contributed by atoms with Crippen molar-refractivity contribution in [3.63, 3.8) is 0 Å². The number of carbonyl (C=O) groups is 2. The first-order valence-electron chi connectivity index (χ1n) is 12.2. The van der Waals surface area contributed by atoms with Gasteiger partial charge in [0.1, 0.15) is 11.3 Å². The molecule has 0 saturated heterocycles. The maximum atomic E-state index is 12.8. The second-order valence-corrected chi connectivity index (χ2v) is 9.44. The molecule has 10 heteroatoms. The molecule has 10 nitrogen and oxygen atoms in total. The molecule has 1 aliphatic carbocycles. The number of carboxylic acids is 1. The molecule has 0 atom stereocenters. The van der Waals surface area contributed by atoms with Crippen LogP contribution in [-0.2, 0) is 7.05 Å². The molecule has 1 saturated carbocycles. The Morgan fingerprint density at radius 1 is 1.03 bits per heavy atom. The Morgan fingerprint density at radius 3 is 2.38 bits per heavy atom. The largest absolute Gasteiger partial charge is 0.477 e. The molecule has 1 fully saturated rings. The number of carboxylic acid groups (broad SMARTS) is 1. The number of benzene rings is 1. The van der Waals surface area contributed by atoms with Crippen LogP contribution >= 0.6 is 0 Å². The number of pyridine rings is 1. The van der Waals surface area contributed by atoms with E-state index in [1.165, 1.54) is 4.57 Å². The number of aromatic carboxylic acids is 1. The minimum absolute atomic E-state index is 0.0528. The summed E-state index contributed by atoms with van der Waals surface area (Å²) >= 11 is 0. The number of rotatable bonds is 6. The van der Waals surface area contributed by atoms with Gasteiger partial charge >= 0.3 is 5.97 Å². The number of hydrogen-bond donors (Lipinski definition) is 3. The van der Waals surface area contributed by atoms with E-state index in [2.05, 4.69) is 15.6 Å². The SMILES string of the molecule is Cc1c(NC(=O)c2ccc(Nc3nc(C)c4ccc(=O)n(C5CCCC5)c4n3)cc2)cn(C)c1C(=O)O. The highest BCUT2D eigenvalue weighted by atomic mass is 16.4. The number of carbonyl (C=O) groups excluding carboxylic acids is 1. The van der Waals surface area contributed by atoms with Crippen molar-refractivity contribution in [2.24, 2.45) is 7.05 Å². The molecule has 0 aliphatic heterocycles. The fourth-order valence-electron chi connectivity index (χ4n) is 5.07. The fourth-order valence-corrected chi connectivity index (χ4v) is 5.07. The van der Waals surface area contributed by atoms with Gasteiger partial charge in [0, 0.05) is 47.6 Å². The van der Waals surface area contributed by atoms with E-state index in [9.17, 15) is 19.5 Å². The first-order chi connectivity index (χ1) is 17.7. The lowest BCUT2D eigenvalue weighted by Gasteiger charge is -2.17. The van der Waals surface area contributed by atoms with Gasteiger partial charge in [-0.2, -0.15) is 4.98 Å². The Hall–Kier alpha value is -4.47. The van der Waals surface area contributed by atoms with Crippen molar-refractivity contribution in [3.05, 3.63) is 75.5 Å². The molecule has 3 heterocycles. The highest BCUT2D eigenvalue weighted by molar-refractivity contribution is 6.05. The minimum atomic E-state index is -1.05. The molecule has 0 radical (unpaired) electrons. The van der Waals surface area contributed by atoms with Gasteiger partial charge in [-0.3, -0.25) is 14.2 Å². The highest BCUT2D eigenvalue weighted by Crippen LogP contribution is 2.31. The van der Waals surface area contributed by atoms with Crippen LogP contribution in [0.2, 0.25) is 0 Å². The highest BCUT2D eigenvalue weighted by Gasteiger charge is 2.22. The van der Waals surface area contributed by atoms with Crippen molar-refractivity contribution < 1.29 is 14.7 Å². The topological polar surface area (TPSA) is 131 Å². The number of aryl methyl sites for hydroxylation is 2. The summed E-state index contributed by atoms with van der Waals surface area (Å²) in [5.74, 6) is -1.03. The van der Waals surface area contributed by atoms with Crippen LogP contribution in [0.1, 0.15) is 63.8 Å². The van der Waals surface area contributed by atoms with E-state index < -0.39 is 5.97 Å². The van der Waals surface area contributed by atoms with Crippen LogP contribution in [0.3, 0.4) is 0 Å². The third-order valence-corrected chi connectivity index (χ3v) is 6.95. The average molecular weight is 501 g/mol. The second-order valence-electron chi connectivity index (χ2n) is 9.44. The van der Waals surface area contributed by atoms with Gasteiger partial charge in [0.15, 0.2) is 0 Å². The van der Waals surface area contributed by atoms with Gasteiger partial charge in [0.25, 0.3) is 11.5 Å². The summed E-state index contributed by atoms with van der Waals surface area (Å²) in [6.07, 6.45) is 5.72. The summed E-state index contributed by atoms with van der Waals surface area (Å²) in [7, 11) is 1.62. The van der Waals surface area contributed by atoms with Gasteiger partial charge in [0.05, 0.1) is 11.4 Å². The molecule has 3 aromatic heterocycles. The Kier molecular flexibility index (Phi) is 6.24. The van der Waals surface area contributed by atoms with Crippen molar-refractivity contribution in [2.75, 3.05) is 10.6 Å². The smallest absolute Gasteiger partial charge is 0.352 e. The van der Waals surface area contributed by atoms with E-state index in [0.29, 0.717) is 34.1 Å². The number of aromatic nitrogens is 4. The van der Waals surface area contributed by atoms with Crippen molar-refractivity contribution in [3.8, 4) is 0 Å². The molecule has 0 unspecified atom stereocenters. The maximum absolute atomic E-state index is 12.8. The Bertz CT molecular complexity index is 1580. The molecule has 1 amide bonds. The summed E-state index contributed by atoms with van der Waals surface area (Å²) in [5, 5.41) is 16.2. The number of anilines is 3. The molecular weight excluding hydrogens is 472 g/mol. The van der Waals surface area contributed by atoms with Crippen LogP contribution in [0.15, 0.2) is 47.4 Å². The molecule has 190 valence electrons. The van der Waals surface area contributed by atoms with Crippen LogP contribution in [-0.4, -0.2) is 36.1 Å². The predicted octanol–water partition coefficient (Wildman–Crippen LogP) is 4.56. The van der Waals surface area contributed by atoms with E-state index >= 15 is 0 Å². The second kappa shape index (κ2) is 9.53. The normalized spacial score (nSPS) is 13.7. The number of fused-ring (bicyclic) bond motifs is 1. The average Bonchev–Trinajstić information content (AvgIpc) is 3.47. The first kappa shape index (κ1) is 24.2. The van der Waals surface area contributed by atoms with Gasteiger partial charge in [-0.25, -0.2) is 9.78 Å². The summed E-state index contributed by atoms with van der Waals surface area (Å²) in [6, 6.07) is 10.3. The molecule has 5 rings (SSSR count). The van der Waals surface area contributed by atoms with Gasteiger partial charge < -0.3 is 20.3 Å². The summed E-state index contributed by atoms with van der Waals surface area (Å²) in [6.45, 7) is 3.55. The lowest BCUT2D eigenvalue weighted by molar-refractivity contribution is 0.0685. The Balaban J connectivity index is 1.38. The lowest BCUT2D eigenvalue weighted by atomic mass is 10.1. The lowest BCUT2D eigenvalue weighted by Crippen LogP contribution is -2.24. The Labute approximate surface area is 213 Å². The van der Waals surface area contributed by atoms with Gasteiger partial charge in [-0.15, -0.1) is 0 Å². The van der Waals surface area contributed by atoms with Crippen LogP contribution in [0.5, 0.6) is 0 Å². The number of amides is 1. The standard InChI is InChI=1S/C27H28N6O4/c1-15-21(14-32(3)23(15)26(36)37)30-25(35)17-8-10-18(11-9-17)29-27-28-16(2)20-12-13-22(34)33(24(20)31-27)19-6-4-5-7-19/h8-14,19H,4-7H2,1-3H3,(H,30,35)(H,36,37)(H,28,29,31). The zero-order valence-corrected chi connectivity index (χ0v) is 20.9. The number of nitrogens with zero attached hydrogens (tertiary/aromatic N) is 4. The first-order valence-corrected chi connectivity index (χ1v) is 12.2. The monoisotopic (exact) mass is 500 g/mol. The van der Waals surface area contributed by atoms with Crippen molar-refractivity contribution in [1.29, 1.82) is 0 Å². The van der Waals surface area contributed by atoms with Crippen LogP contribution in [0, 0.1) is 13.8 Å². The van der Waals surface area contributed by atoms with E-state index in [4.69, 9.17) is 4.98 Å². The van der Waals surface area contributed by atoms with E-state index in [1.54, 1.807) is 61.1 Å². The third-order valence-electron chi connectivity index (χ3n) is 6.95. The molecule has 1 aliphatic rings. The molecular formula is C27H28N6O4. The Morgan fingerprint density at radius 2 is 1.73 bits per heavy atom. The number of hydrogen-bond acceptors (Lipinski definition) is 6. The molecule has 3 N–H and O–H groups in total. The number of nitrogens with one attached hydrogen (secondary N) is 2. The van der Waals surface area contributed by atoms with Gasteiger partial charge in [-0.05, 0) is 57.0 Å². The summed E-state index contributed by atoms with van der Waals surface area (Å²) < 4.78 is 3.27. The minimum Gasteiger partial charge on any atom is -0.477 e. The van der Waals surface area contributed by atoms with Crippen molar-refractivity contribution >= 4 is 40.2 Å². The molecule has 0 spiro atoms. The van der Waals surface area contributed by atoms with Gasteiger partial charge in [0.2, 0.25) is 5.95 Å². The summed E-state index contributed by atoms with van der Waals surface area (Å²) in [5.41, 5.74) is 3.50. The molecule has 4 aromatic rings. The van der Waals surface area contributed by atoms with Gasteiger partial charge in [-0.1, -0.05) is 12.8 Å². The van der Waals surface area contributed by atoms with Crippen LogP contribution in [0.4, 0.5) is 17.3 Å². The quantitative estimate of drug-likeness (QED) is 0.354. The van der Waals surface area contributed by atoms with E-state index in [-0.39, 0.29) is 23.2 Å². The zero-order chi connectivity index (χ0) is 26.3. The van der Waals surface area contributed by atoms with Crippen molar-refractivity contribution in [1.82, 2.24) is 19.1 Å². The summed E-state index contributed by atoms with van der Waals surface area (Å²) in [4.78, 5) is 46.2. The van der Waals surface area contributed by atoms with Crippen LogP contribution < -0.4 is 16.2 Å². The maximum Gasteiger partial charge on any atom is 0.352 e. The third kappa shape index (κ3) is 4.57. The zero-order valence-electron chi connectivity index (χ0n) is 20.9. The van der Waals surface area contributed by atoms with E-state index in [0.717, 1.165) is 36.8 Å². The van der Waals surface area contributed by atoms with Crippen LogP contribution in [0.25, 0.3) is 11.0 Å². The van der Waals surface area contributed by atoms with Crippen molar-refractivity contribution in [2.45, 2.75) is 45.6 Å². The fraction of sp³-hybridized carbons (Fsp3) is 0.296. The predicted molar refractivity (Wildman–Crippen MR) is 141 cm³/mol. The van der Waals surface area contributed by atoms with E-state index in [1.807, 2.05) is 6.92 Å².